The van der Waals surface area contributed by atoms with Gasteiger partial charge in [0, 0.05) is 12.8 Å². The van der Waals surface area contributed by atoms with Crippen LogP contribution in [0.15, 0.2) is 40.9 Å². The van der Waals surface area contributed by atoms with E-state index in [0.29, 0.717) is 11.5 Å². The van der Waals surface area contributed by atoms with E-state index in [1.165, 1.54) is 0 Å². The maximum absolute atomic E-state index is 11.7. The van der Waals surface area contributed by atoms with Crippen LogP contribution in [0.4, 0.5) is 0 Å². The number of allylic oxidation sites excluding steroid dienone is 4. The van der Waals surface area contributed by atoms with Crippen LogP contribution in [0.1, 0.15) is 88.6 Å². The monoisotopic (exact) mass is 584 g/mol. The highest BCUT2D eigenvalue weighted by Gasteiger charge is 2.08. The third-order valence-electron chi connectivity index (χ3n) is 5.53. The molecule has 0 aliphatic heterocycles. The van der Waals surface area contributed by atoms with Crippen molar-refractivity contribution < 1.29 is 14.0 Å². The minimum Gasteiger partial charge on any atom is -0.439 e. The van der Waals surface area contributed by atoms with Crippen molar-refractivity contribution >= 4 is 27.7 Å². The van der Waals surface area contributed by atoms with Crippen molar-refractivity contribution in [2.45, 2.75) is 116 Å². The molecule has 1 rings (SSSR count). The SMILES string of the molecule is C[Si](C)(C)C#CC(=O)/C=C/CCCCCCC#Cc1ccc(C#CCCCCCC/C=C/C(=O)C#C[Si](C)(C)C)o1. The number of unbranched alkanes of at least 4 members (excludes halogenated alkanes) is 10. The van der Waals surface area contributed by atoms with Crippen LogP contribution in [0.5, 0.6) is 0 Å². The lowest BCUT2D eigenvalue weighted by Crippen LogP contribution is -2.16. The maximum Gasteiger partial charge on any atom is 0.227 e. The summed E-state index contributed by atoms with van der Waals surface area (Å²) in [6, 6.07) is 3.77. The number of ketones is 2. The molecule has 0 amide bonds. The van der Waals surface area contributed by atoms with Gasteiger partial charge in [0.2, 0.25) is 11.6 Å². The molecule has 0 fully saturated rings. The van der Waals surface area contributed by atoms with E-state index in [2.05, 4.69) is 85.9 Å². The molecule has 0 atom stereocenters. The Balaban J connectivity index is 2.12. The van der Waals surface area contributed by atoms with Gasteiger partial charge in [-0.15, -0.1) is 11.1 Å². The molecular formula is C36H48O3Si2. The summed E-state index contributed by atoms with van der Waals surface area (Å²) in [7, 11) is -2.97. The Morgan fingerprint density at radius 3 is 1.41 bits per heavy atom. The van der Waals surface area contributed by atoms with Crippen LogP contribution >= 0.6 is 0 Å². The second-order valence-electron chi connectivity index (χ2n) is 12.2. The van der Waals surface area contributed by atoms with Crippen LogP contribution in [0.25, 0.3) is 0 Å². The molecule has 0 aliphatic rings. The quantitative estimate of drug-likeness (QED) is 0.0951. The van der Waals surface area contributed by atoms with Gasteiger partial charge in [-0.1, -0.05) is 89.0 Å². The van der Waals surface area contributed by atoms with E-state index in [1.54, 1.807) is 12.2 Å². The molecule has 0 spiro atoms. The summed E-state index contributed by atoms with van der Waals surface area (Å²) in [5, 5.41) is 0. The fourth-order valence-corrected chi connectivity index (χ4v) is 4.39. The molecule has 0 bridgehead atoms. The Morgan fingerprint density at radius 2 is 1.02 bits per heavy atom. The first-order valence-electron chi connectivity index (χ1n) is 15.0. The largest absolute Gasteiger partial charge is 0.439 e. The Kier molecular flexibility index (Phi) is 18.0. The van der Waals surface area contributed by atoms with Crippen molar-refractivity contribution in [3.63, 3.8) is 0 Å². The summed E-state index contributed by atoms with van der Waals surface area (Å²) in [5.41, 5.74) is 6.19. The highest BCUT2D eigenvalue weighted by atomic mass is 28.3. The average Bonchev–Trinajstić information content (AvgIpc) is 3.35. The molecular weight excluding hydrogens is 537 g/mol. The summed E-state index contributed by atoms with van der Waals surface area (Å²) in [5.74, 6) is 19.2. The molecule has 0 saturated carbocycles. The van der Waals surface area contributed by atoms with Crippen LogP contribution < -0.4 is 0 Å². The zero-order chi connectivity index (χ0) is 30.4. The summed E-state index contributed by atoms with van der Waals surface area (Å²) in [6.45, 7) is 12.8. The minimum atomic E-state index is -1.49. The third-order valence-corrected chi connectivity index (χ3v) is 7.28. The van der Waals surface area contributed by atoms with Gasteiger partial charge in [0.05, 0.1) is 0 Å². The number of hydrogen-bond acceptors (Lipinski definition) is 3. The second-order valence-corrected chi connectivity index (χ2v) is 21.7. The van der Waals surface area contributed by atoms with E-state index in [4.69, 9.17) is 4.42 Å². The fraction of sp³-hybridized carbons (Fsp3) is 0.500. The van der Waals surface area contributed by atoms with Gasteiger partial charge in [0.1, 0.15) is 16.1 Å². The van der Waals surface area contributed by atoms with Crippen LogP contribution in [0, 0.1) is 46.6 Å². The lowest BCUT2D eigenvalue weighted by atomic mass is 10.1. The predicted octanol–water partition coefficient (Wildman–Crippen LogP) is 8.68. The highest BCUT2D eigenvalue weighted by Crippen LogP contribution is 2.09. The van der Waals surface area contributed by atoms with Crippen molar-refractivity contribution in [3.05, 3.63) is 48.0 Å². The Bertz CT molecular complexity index is 1170. The number of hydrogen-bond donors (Lipinski definition) is 0. The molecule has 218 valence electrons. The molecule has 5 heteroatoms. The first-order valence-corrected chi connectivity index (χ1v) is 22.0. The smallest absolute Gasteiger partial charge is 0.227 e. The van der Waals surface area contributed by atoms with Crippen molar-refractivity contribution in [1.82, 2.24) is 0 Å². The Morgan fingerprint density at radius 1 is 0.634 bits per heavy atom. The molecule has 0 radical (unpaired) electrons. The first-order chi connectivity index (χ1) is 19.4. The fourth-order valence-electron chi connectivity index (χ4n) is 3.39. The molecule has 1 heterocycles. The molecule has 1 aromatic rings. The maximum atomic E-state index is 11.7. The lowest BCUT2D eigenvalue weighted by Gasteiger charge is -2.02. The van der Waals surface area contributed by atoms with Crippen molar-refractivity contribution in [1.29, 1.82) is 0 Å². The second kappa shape index (κ2) is 20.6. The molecule has 0 saturated heterocycles. The summed E-state index contributed by atoms with van der Waals surface area (Å²) >= 11 is 0. The number of rotatable bonds is 14. The number of furan rings is 1. The molecule has 0 unspecified atom stereocenters. The van der Waals surface area contributed by atoms with Crippen LogP contribution in [0.3, 0.4) is 0 Å². The van der Waals surface area contributed by atoms with Gasteiger partial charge in [-0.2, -0.15) is 0 Å². The van der Waals surface area contributed by atoms with Gasteiger partial charge in [-0.25, -0.2) is 0 Å². The topological polar surface area (TPSA) is 47.3 Å². The van der Waals surface area contributed by atoms with Gasteiger partial charge in [-0.3, -0.25) is 9.59 Å². The van der Waals surface area contributed by atoms with Gasteiger partial charge in [0.25, 0.3) is 0 Å². The van der Waals surface area contributed by atoms with E-state index >= 15 is 0 Å². The zero-order valence-corrected chi connectivity index (χ0v) is 28.2. The lowest BCUT2D eigenvalue weighted by molar-refractivity contribution is -0.110. The third kappa shape index (κ3) is 23.2. The van der Waals surface area contributed by atoms with E-state index in [0.717, 1.165) is 77.0 Å². The standard InChI is InChI=1S/C36H48O3Si2/c1-40(2,3)31-29-33(37)23-19-15-11-7-9-13-17-21-25-35-27-28-36(39-35)26-22-18-14-10-8-12-16-20-24-34(38)30-32-41(4,5)6/h19-20,23-24,27-28H,7-18H2,1-6H3/b23-19+,24-20+. The van der Waals surface area contributed by atoms with Crippen molar-refractivity contribution in [2.75, 3.05) is 0 Å². The molecule has 3 nitrogen and oxygen atoms in total. The number of carbonyl (C=O) groups is 2. The average molecular weight is 585 g/mol. The molecule has 0 aromatic carbocycles. The van der Waals surface area contributed by atoms with Crippen molar-refractivity contribution in [2.24, 2.45) is 0 Å². The van der Waals surface area contributed by atoms with Gasteiger partial charge >= 0.3 is 0 Å². The minimum absolute atomic E-state index is 0.0829. The van der Waals surface area contributed by atoms with Crippen LogP contribution in [-0.2, 0) is 9.59 Å². The highest BCUT2D eigenvalue weighted by molar-refractivity contribution is 6.84. The molecule has 1 aromatic heterocycles. The molecule has 41 heavy (non-hydrogen) atoms. The summed E-state index contributed by atoms with van der Waals surface area (Å²) in [6.07, 6.45) is 19.4. The predicted molar refractivity (Wildman–Crippen MR) is 178 cm³/mol. The molecule has 0 aliphatic carbocycles. The molecule has 0 N–H and O–H groups in total. The zero-order valence-electron chi connectivity index (χ0n) is 26.2. The van der Waals surface area contributed by atoms with E-state index in [9.17, 15) is 9.59 Å². The Labute approximate surface area is 252 Å². The van der Waals surface area contributed by atoms with Crippen molar-refractivity contribution in [3.8, 4) is 46.6 Å². The Hall–Kier alpha value is -3.23. The van der Waals surface area contributed by atoms with Gasteiger partial charge in [-0.05, 0) is 86.5 Å². The van der Waals surface area contributed by atoms with E-state index in [1.807, 2.05) is 24.3 Å². The summed E-state index contributed by atoms with van der Waals surface area (Å²) in [4.78, 5) is 23.4. The normalized spacial score (nSPS) is 11.1. The van der Waals surface area contributed by atoms with Gasteiger partial charge in [0.15, 0.2) is 11.5 Å². The van der Waals surface area contributed by atoms with E-state index < -0.39 is 16.1 Å². The van der Waals surface area contributed by atoms with Crippen LogP contribution in [0.2, 0.25) is 39.3 Å². The summed E-state index contributed by atoms with van der Waals surface area (Å²) < 4.78 is 5.71. The number of carbonyl (C=O) groups excluding carboxylic acids is 2. The van der Waals surface area contributed by atoms with Gasteiger partial charge < -0.3 is 4.42 Å². The van der Waals surface area contributed by atoms with E-state index in [-0.39, 0.29) is 11.6 Å². The van der Waals surface area contributed by atoms with Crippen LogP contribution in [-0.4, -0.2) is 27.7 Å². The first kappa shape index (κ1) is 35.8.